The monoisotopic (exact) mass is 282 g/mol. The fourth-order valence-corrected chi connectivity index (χ4v) is 2.31. The van der Waals surface area contributed by atoms with Crippen molar-refractivity contribution in [2.75, 3.05) is 0 Å². The van der Waals surface area contributed by atoms with E-state index in [0.29, 0.717) is 12.5 Å². The van der Waals surface area contributed by atoms with Crippen molar-refractivity contribution in [3.8, 4) is 5.75 Å². The number of hydrogen-bond acceptors (Lipinski definition) is 2. The smallest absolute Gasteiger partial charge is 0.123 e. The van der Waals surface area contributed by atoms with E-state index in [0.717, 1.165) is 16.9 Å². The number of hydrogen-bond donors (Lipinski definition) is 2. The van der Waals surface area contributed by atoms with E-state index in [4.69, 9.17) is 15.9 Å². The Balaban J connectivity index is 2.24. The highest BCUT2D eigenvalue weighted by Gasteiger charge is 2.10. The lowest BCUT2D eigenvalue weighted by molar-refractivity contribution is 0.301. The van der Waals surface area contributed by atoms with Crippen LogP contribution in [0, 0.1) is 12.3 Å². The molecule has 3 nitrogen and oxygen atoms in total. The van der Waals surface area contributed by atoms with Crippen LogP contribution < -0.4 is 10.5 Å². The molecule has 21 heavy (non-hydrogen) atoms. The van der Waals surface area contributed by atoms with Gasteiger partial charge in [0.1, 0.15) is 18.2 Å². The molecule has 0 saturated carbocycles. The molecule has 0 amide bonds. The lowest BCUT2D eigenvalue weighted by Gasteiger charge is -2.16. The molecule has 2 aromatic carbocycles. The fourth-order valence-electron chi connectivity index (χ4n) is 2.31. The Kier molecular flexibility index (Phi) is 4.63. The summed E-state index contributed by atoms with van der Waals surface area (Å²) < 4.78 is 6.00. The van der Waals surface area contributed by atoms with E-state index in [1.54, 1.807) is 0 Å². The number of ether oxygens (including phenoxy) is 1. The van der Waals surface area contributed by atoms with Crippen molar-refractivity contribution in [3.63, 3.8) is 0 Å². The Hall–Kier alpha value is -2.29. The van der Waals surface area contributed by atoms with E-state index in [1.165, 1.54) is 11.1 Å². The van der Waals surface area contributed by atoms with Crippen molar-refractivity contribution in [3.05, 3.63) is 64.7 Å². The normalized spacial score (nSPS) is 10.7. The molecule has 3 heteroatoms. The van der Waals surface area contributed by atoms with Gasteiger partial charge in [-0.3, -0.25) is 5.41 Å². The Labute approximate surface area is 126 Å². The number of nitrogen functional groups attached to an aromatic ring is 1. The van der Waals surface area contributed by atoms with Gasteiger partial charge in [-0.2, -0.15) is 0 Å². The van der Waals surface area contributed by atoms with Crippen molar-refractivity contribution in [2.45, 2.75) is 33.3 Å². The topological polar surface area (TPSA) is 59.1 Å². The summed E-state index contributed by atoms with van der Waals surface area (Å²) >= 11 is 0. The molecule has 0 atom stereocenters. The number of aryl methyl sites for hydroxylation is 1. The summed E-state index contributed by atoms with van der Waals surface area (Å²) in [6.45, 7) is 6.78. The molecule has 0 saturated heterocycles. The summed E-state index contributed by atoms with van der Waals surface area (Å²) in [7, 11) is 0. The van der Waals surface area contributed by atoms with Gasteiger partial charge in [0.05, 0.1) is 0 Å². The van der Waals surface area contributed by atoms with Crippen LogP contribution in [0.2, 0.25) is 0 Å². The summed E-state index contributed by atoms with van der Waals surface area (Å²) in [4.78, 5) is 0. The Morgan fingerprint density at radius 2 is 1.90 bits per heavy atom. The Bertz CT molecular complexity index is 647. The minimum Gasteiger partial charge on any atom is -0.489 e. The van der Waals surface area contributed by atoms with Gasteiger partial charge in [-0.15, -0.1) is 0 Å². The fraction of sp³-hybridized carbons (Fsp3) is 0.278. The molecule has 0 radical (unpaired) electrons. The first-order valence-electron chi connectivity index (χ1n) is 7.14. The molecule has 0 aliphatic rings. The number of nitrogens with one attached hydrogen (secondary N) is 1. The average Bonchev–Trinajstić information content (AvgIpc) is 2.45. The van der Waals surface area contributed by atoms with Gasteiger partial charge in [-0.1, -0.05) is 50.2 Å². The van der Waals surface area contributed by atoms with Crippen LogP contribution in [-0.4, -0.2) is 5.84 Å². The van der Waals surface area contributed by atoms with Crippen LogP contribution in [0.4, 0.5) is 0 Å². The lowest BCUT2D eigenvalue weighted by atomic mass is 10.0. The van der Waals surface area contributed by atoms with Crippen LogP contribution in [0.15, 0.2) is 42.5 Å². The molecule has 2 aromatic rings. The van der Waals surface area contributed by atoms with Crippen LogP contribution in [0.1, 0.15) is 42.0 Å². The largest absolute Gasteiger partial charge is 0.489 e. The van der Waals surface area contributed by atoms with Gasteiger partial charge in [0.15, 0.2) is 0 Å². The Morgan fingerprint density at radius 3 is 2.57 bits per heavy atom. The highest BCUT2D eigenvalue weighted by atomic mass is 16.5. The summed E-state index contributed by atoms with van der Waals surface area (Å²) in [5, 5.41) is 7.63. The number of amidine groups is 1. The molecular weight excluding hydrogens is 260 g/mol. The van der Waals surface area contributed by atoms with Crippen molar-refractivity contribution < 1.29 is 4.74 Å². The van der Waals surface area contributed by atoms with Gasteiger partial charge in [0.25, 0.3) is 0 Å². The third-order valence-corrected chi connectivity index (χ3v) is 3.48. The molecule has 0 unspecified atom stereocenters. The van der Waals surface area contributed by atoms with Crippen LogP contribution >= 0.6 is 0 Å². The molecule has 110 valence electrons. The van der Waals surface area contributed by atoms with E-state index >= 15 is 0 Å². The van der Waals surface area contributed by atoms with Crippen molar-refractivity contribution >= 4 is 5.84 Å². The molecule has 3 N–H and O–H groups in total. The van der Waals surface area contributed by atoms with Gasteiger partial charge in [0.2, 0.25) is 0 Å². The van der Waals surface area contributed by atoms with Crippen LogP contribution in [0.5, 0.6) is 5.75 Å². The predicted octanol–water partition coefficient (Wildman–Crippen LogP) is 3.98. The second-order valence-corrected chi connectivity index (χ2v) is 5.56. The minimum atomic E-state index is 0.0718. The Morgan fingerprint density at radius 1 is 1.19 bits per heavy atom. The van der Waals surface area contributed by atoms with Crippen LogP contribution in [0.25, 0.3) is 0 Å². The van der Waals surface area contributed by atoms with Crippen LogP contribution in [0.3, 0.4) is 0 Å². The molecular formula is C18H22N2O. The van der Waals surface area contributed by atoms with E-state index in [1.807, 2.05) is 24.3 Å². The van der Waals surface area contributed by atoms with Gasteiger partial charge in [0, 0.05) is 11.1 Å². The SMILES string of the molecule is Cc1ccc(C(C)C)c(OCc2ccccc2C(=N)N)c1. The third kappa shape index (κ3) is 3.63. The molecule has 0 bridgehead atoms. The van der Waals surface area contributed by atoms with Crippen LogP contribution in [-0.2, 0) is 6.61 Å². The van der Waals surface area contributed by atoms with Gasteiger partial charge < -0.3 is 10.5 Å². The maximum atomic E-state index is 7.63. The highest BCUT2D eigenvalue weighted by Crippen LogP contribution is 2.28. The van der Waals surface area contributed by atoms with Gasteiger partial charge in [-0.05, 0) is 30.0 Å². The quantitative estimate of drug-likeness (QED) is 0.643. The molecule has 2 rings (SSSR count). The van der Waals surface area contributed by atoms with E-state index in [2.05, 4.69) is 39.0 Å². The number of nitrogens with two attached hydrogens (primary N) is 1. The lowest BCUT2D eigenvalue weighted by Crippen LogP contribution is -2.14. The predicted molar refractivity (Wildman–Crippen MR) is 87.1 cm³/mol. The van der Waals surface area contributed by atoms with E-state index in [9.17, 15) is 0 Å². The van der Waals surface area contributed by atoms with E-state index < -0.39 is 0 Å². The van der Waals surface area contributed by atoms with Gasteiger partial charge >= 0.3 is 0 Å². The maximum Gasteiger partial charge on any atom is 0.123 e. The second-order valence-electron chi connectivity index (χ2n) is 5.56. The average molecular weight is 282 g/mol. The summed E-state index contributed by atoms with van der Waals surface area (Å²) in [5.74, 6) is 1.38. The first-order chi connectivity index (χ1) is 9.99. The zero-order valence-electron chi connectivity index (χ0n) is 12.8. The zero-order valence-corrected chi connectivity index (χ0v) is 12.8. The molecule has 0 fully saturated rings. The minimum absolute atomic E-state index is 0.0718. The third-order valence-electron chi connectivity index (χ3n) is 3.48. The summed E-state index contributed by atoms with van der Waals surface area (Å²) in [6.07, 6.45) is 0. The highest BCUT2D eigenvalue weighted by molar-refractivity contribution is 5.96. The first-order valence-corrected chi connectivity index (χ1v) is 7.14. The summed E-state index contributed by atoms with van der Waals surface area (Å²) in [5.41, 5.74) is 9.65. The second kappa shape index (κ2) is 6.44. The maximum absolute atomic E-state index is 7.63. The standard InChI is InChI=1S/C18H22N2O/c1-12(2)15-9-8-13(3)10-17(15)21-11-14-6-4-5-7-16(14)18(19)20/h4-10,12H,11H2,1-3H3,(H3,19,20). The molecule has 0 aliphatic carbocycles. The molecule has 0 aromatic heterocycles. The van der Waals surface area contributed by atoms with E-state index in [-0.39, 0.29) is 5.84 Å². The van der Waals surface area contributed by atoms with Crippen molar-refractivity contribution in [1.29, 1.82) is 5.41 Å². The first kappa shape index (κ1) is 15.1. The van der Waals surface area contributed by atoms with Gasteiger partial charge in [-0.25, -0.2) is 0 Å². The van der Waals surface area contributed by atoms with Crippen molar-refractivity contribution in [2.24, 2.45) is 5.73 Å². The number of rotatable bonds is 5. The zero-order chi connectivity index (χ0) is 15.4. The number of benzene rings is 2. The summed E-state index contributed by atoms with van der Waals surface area (Å²) in [6, 6.07) is 13.9. The molecule has 0 heterocycles. The molecule has 0 spiro atoms. The molecule has 0 aliphatic heterocycles. The van der Waals surface area contributed by atoms with Crippen molar-refractivity contribution in [1.82, 2.24) is 0 Å².